The van der Waals surface area contributed by atoms with Crippen molar-refractivity contribution in [1.29, 1.82) is 0 Å². The molecule has 32 heavy (non-hydrogen) atoms. The SMILES string of the molecule is CCCCCn1nc(-c2ccccc2)n(CC(=O)NNC(=O)Nc2ccc(Cl)cc2)c1=O. The summed E-state index contributed by atoms with van der Waals surface area (Å²) >= 11 is 5.81. The molecular weight excluding hydrogens is 432 g/mol. The molecule has 0 spiro atoms. The van der Waals surface area contributed by atoms with Crippen LogP contribution in [-0.2, 0) is 17.9 Å². The molecule has 2 aromatic carbocycles. The number of amides is 3. The van der Waals surface area contributed by atoms with Gasteiger partial charge in [0.05, 0.1) is 0 Å². The van der Waals surface area contributed by atoms with Crippen LogP contribution in [0.5, 0.6) is 0 Å². The van der Waals surface area contributed by atoms with Gasteiger partial charge >= 0.3 is 11.7 Å². The zero-order valence-corrected chi connectivity index (χ0v) is 18.4. The number of aryl methyl sites for hydroxylation is 1. The molecule has 0 aliphatic carbocycles. The molecule has 0 bridgehead atoms. The largest absolute Gasteiger partial charge is 0.346 e. The van der Waals surface area contributed by atoms with Crippen LogP contribution in [0.4, 0.5) is 10.5 Å². The van der Waals surface area contributed by atoms with Crippen LogP contribution in [0.3, 0.4) is 0 Å². The van der Waals surface area contributed by atoms with Crippen LogP contribution in [0, 0.1) is 0 Å². The third-order valence-electron chi connectivity index (χ3n) is 4.65. The van der Waals surface area contributed by atoms with Crippen molar-refractivity contribution >= 4 is 29.2 Å². The highest BCUT2D eigenvalue weighted by atomic mass is 35.5. The van der Waals surface area contributed by atoms with Crippen molar-refractivity contribution in [2.24, 2.45) is 0 Å². The number of hydrogen-bond donors (Lipinski definition) is 3. The number of benzene rings is 2. The van der Waals surface area contributed by atoms with E-state index in [0.717, 1.165) is 24.8 Å². The summed E-state index contributed by atoms with van der Waals surface area (Å²) in [6.45, 7) is 2.26. The summed E-state index contributed by atoms with van der Waals surface area (Å²) < 4.78 is 2.68. The van der Waals surface area contributed by atoms with E-state index in [1.54, 1.807) is 24.3 Å². The number of carbonyl (C=O) groups is 2. The number of anilines is 1. The predicted octanol–water partition coefficient (Wildman–Crippen LogP) is 3.41. The number of urea groups is 1. The number of hydrogen-bond acceptors (Lipinski definition) is 4. The van der Waals surface area contributed by atoms with Gasteiger partial charge in [-0.2, -0.15) is 0 Å². The Kier molecular flexibility index (Phi) is 8.04. The molecule has 10 heteroatoms. The smallest absolute Gasteiger partial charge is 0.307 e. The molecule has 3 amide bonds. The quantitative estimate of drug-likeness (QED) is 0.356. The highest BCUT2D eigenvalue weighted by Gasteiger charge is 2.17. The maximum absolute atomic E-state index is 12.9. The van der Waals surface area contributed by atoms with Crippen molar-refractivity contribution in [3.8, 4) is 11.4 Å². The van der Waals surface area contributed by atoms with E-state index in [0.29, 0.717) is 23.1 Å². The van der Waals surface area contributed by atoms with E-state index >= 15 is 0 Å². The van der Waals surface area contributed by atoms with E-state index in [1.165, 1.54) is 9.25 Å². The first-order chi connectivity index (χ1) is 15.5. The molecular formula is C22H25ClN6O3. The maximum Gasteiger partial charge on any atom is 0.346 e. The second-order valence-corrected chi connectivity index (χ2v) is 7.56. The topological polar surface area (TPSA) is 110 Å². The molecule has 0 aliphatic rings. The zero-order valence-electron chi connectivity index (χ0n) is 17.7. The van der Waals surface area contributed by atoms with Gasteiger partial charge in [0.1, 0.15) is 6.54 Å². The molecule has 168 valence electrons. The Labute approximate surface area is 190 Å². The summed E-state index contributed by atoms with van der Waals surface area (Å²) in [6, 6.07) is 15.1. The summed E-state index contributed by atoms with van der Waals surface area (Å²) in [6.07, 6.45) is 2.82. The molecule has 1 heterocycles. The lowest BCUT2D eigenvalue weighted by molar-refractivity contribution is -0.122. The zero-order chi connectivity index (χ0) is 22.9. The Balaban J connectivity index is 1.68. The van der Waals surface area contributed by atoms with Gasteiger partial charge in [0, 0.05) is 22.8 Å². The fraction of sp³-hybridized carbons (Fsp3) is 0.273. The first kappa shape index (κ1) is 23.1. The molecule has 3 N–H and O–H groups in total. The van der Waals surface area contributed by atoms with Gasteiger partial charge in [-0.05, 0) is 30.7 Å². The second kappa shape index (κ2) is 11.1. The van der Waals surface area contributed by atoms with Gasteiger partial charge in [-0.1, -0.05) is 61.7 Å². The van der Waals surface area contributed by atoms with E-state index < -0.39 is 11.9 Å². The summed E-state index contributed by atoms with van der Waals surface area (Å²) in [7, 11) is 0. The van der Waals surface area contributed by atoms with Crippen LogP contribution in [0.1, 0.15) is 26.2 Å². The minimum Gasteiger partial charge on any atom is -0.307 e. The maximum atomic E-state index is 12.9. The normalized spacial score (nSPS) is 10.6. The van der Waals surface area contributed by atoms with Crippen molar-refractivity contribution < 1.29 is 9.59 Å². The Morgan fingerprint density at radius 3 is 2.41 bits per heavy atom. The first-order valence-corrected chi connectivity index (χ1v) is 10.7. The first-order valence-electron chi connectivity index (χ1n) is 10.3. The lowest BCUT2D eigenvalue weighted by Gasteiger charge is -2.10. The van der Waals surface area contributed by atoms with Gasteiger partial charge in [-0.3, -0.25) is 14.8 Å². The van der Waals surface area contributed by atoms with E-state index in [9.17, 15) is 14.4 Å². The van der Waals surface area contributed by atoms with Crippen molar-refractivity contribution in [3.63, 3.8) is 0 Å². The Morgan fingerprint density at radius 2 is 1.72 bits per heavy atom. The van der Waals surface area contributed by atoms with Crippen LogP contribution >= 0.6 is 11.6 Å². The van der Waals surface area contributed by atoms with Gasteiger partial charge in [0.2, 0.25) is 0 Å². The van der Waals surface area contributed by atoms with Gasteiger partial charge < -0.3 is 5.32 Å². The average molecular weight is 457 g/mol. The number of unbranched alkanes of at least 4 members (excludes halogenated alkanes) is 2. The number of rotatable bonds is 8. The van der Waals surface area contributed by atoms with Crippen LogP contribution in [0.25, 0.3) is 11.4 Å². The molecule has 0 fully saturated rings. The average Bonchev–Trinajstić information content (AvgIpc) is 3.10. The Morgan fingerprint density at radius 1 is 1.00 bits per heavy atom. The van der Waals surface area contributed by atoms with Gasteiger partial charge in [0.15, 0.2) is 5.82 Å². The minimum atomic E-state index is -0.633. The third-order valence-corrected chi connectivity index (χ3v) is 4.90. The van der Waals surface area contributed by atoms with Gasteiger partial charge in [-0.15, -0.1) is 5.10 Å². The number of aromatic nitrogens is 3. The van der Waals surface area contributed by atoms with E-state index in [2.05, 4.69) is 28.2 Å². The van der Waals surface area contributed by atoms with Crippen LogP contribution < -0.4 is 21.9 Å². The number of hydrazine groups is 1. The molecule has 1 aromatic heterocycles. The molecule has 0 saturated carbocycles. The Bertz CT molecular complexity index is 1110. The molecule has 0 radical (unpaired) electrons. The monoisotopic (exact) mass is 456 g/mol. The third kappa shape index (κ3) is 6.21. The summed E-state index contributed by atoms with van der Waals surface area (Å²) in [4.78, 5) is 37.3. The molecule has 0 aliphatic heterocycles. The minimum absolute atomic E-state index is 0.294. The van der Waals surface area contributed by atoms with E-state index in [-0.39, 0.29) is 12.2 Å². The molecule has 3 rings (SSSR count). The lowest BCUT2D eigenvalue weighted by atomic mass is 10.2. The summed E-state index contributed by atoms with van der Waals surface area (Å²) in [5.74, 6) is -0.170. The predicted molar refractivity (Wildman–Crippen MR) is 123 cm³/mol. The van der Waals surface area contributed by atoms with Crippen LogP contribution in [0.2, 0.25) is 5.02 Å². The summed E-state index contributed by atoms with van der Waals surface area (Å²) in [5, 5.41) is 7.54. The van der Waals surface area contributed by atoms with E-state index in [1.807, 2.05) is 30.3 Å². The Hall–Kier alpha value is -3.59. The molecule has 0 atom stereocenters. The summed E-state index contributed by atoms with van der Waals surface area (Å²) in [5.41, 5.74) is 5.43. The molecule has 3 aromatic rings. The van der Waals surface area contributed by atoms with Crippen molar-refractivity contribution in [2.45, 2.75) is 39.3 Å². The fourth-order valence-corrected chi connectivity index (χ4v) is 3.17. The number of nitrogens with one attached hydrogen (secondary N) is 3. The van der Waals surface area contributed by atoms with Crippen LogP contribution in [-0.4, -0.2) is 26.3 Å². The van der Waals surface area contributed by atoms with Crippen molar-refractivity contribution in [2.75, 3.05) is 5.32 Å². The number of nitrogens with zero attached hydrogens (tertiary/aromatic N) is 3. The van der Waals surface area contributed by atoms with Gasteiger partial charge in [-0.25, -0.2) is 19.7 Å². The molecule has 0 unspecified atom stereocenters. The highest BCUT2D eigenvalue weighted by Crippen LogP contribution is 2.15. The fourth-order valence-electron chi connectivity index (χ4n) is 3.05. The standard InChI is InChI=1S/C22H25ClN6O3/c1-2-3-7-14-29-22(32)28(20(27-29)16-8-5-4-6-9-16)15-19(30)25-26-21(31)24-18-12-10-17(23)11-13-18/h4-6,8-13H,2-3,7,14-15H2,1H3,(H,25,30)(H2,24,26,31). The van der Waals surface area contributed by atoms with Crippen molar-refractivity contribution in [1.82, 2.24) is 25.2 Å². The van der Waals surface area contributed by atoms with E-state index in [4.69, 9.17) is 11.6 Å². The number of halogens is 1. The molecule has 9 nitrogen and oxygen atoms in total. The van der Waals surface area contributed by atoms with Crippen molar-refractivity contribution in [3.05, 3.63) is 70.1 Å². The lowest BCUT2D eigenvalue weighted by Crippen LogP contribution is -2.46. The second-order valence-electron chi connectivity index (χ2n) is 7.12. The van der Waals surface area contributed by atoms with Gasteiger partial charge in [0.25, 0.3) is 5.91 Å². The number of carbonyl (C=O) groups excluding carboxylic acids is 2. The highest BCUT2D eigenvalue weighted by molar-refractivity contribution is 6.30. The molecule has 0 saturated heterocycles. The van der Waals surface area contributed by atoms with Crippen LogP contribution in [0.15, 0.2) is 59.4 Å².